The van der Waals surface area contributed by atoms with E-state index in [0.29, 0.717) is 12.1 Å². The van der Waals surface area contributed by atoms with Gasteiger partial charge in [0.25, 0.3) is 5.91 Å². The summed E-state index contributed by atoms with van der Waals surface area (Å²) in [6, 6.07) is 15.8. The number of benzene rings is 2. The van der Waals surface area contributed by atoms with Crippen molar-refractivity contribution in [2.45, 2.75) is 13.5 Å². The molecule has 110 valence electrons. The van der Waals surface area contributed by atoms with E-state index < -0.39 is 0 Å². The lowest BCUT2D eigenvalue weighted by Gasteiger charge is -2.17. The number of amides is 1. The van der Waals surface area contributed by atoms with Crippen LogP contribution in [0.2, 0.25) is 0 Å². The molecule has 0 aliphatic heterocycles. The lowest BCUT2D eigenvalue weighted by atomic mass is 10.1. The summed E-state index contributed by atoms with van der Waals surface area (Å²) in [5, 5.41) is 2.96. The molecule has 0 spiro atoms. The minimum atomic E-state index is -0.0432. The van der Waals surface area contributed by atoms with Gasteiger partial charge in [-0.25, -0.2) is 0 Å². The summed E-state index contributed by atoms with van der Waals surface area (Å²) >= 11 is 1.62. The molecule has 0 saturated carbocycles. The highest BCUT2D eigenvalue weighted by Crippen LogP contribution is 2.22. The molecule has 2 rings (SSSR count). The number of carbonyl (C=O) groups excluding carboxylic acids is 1. The Balaban J connectivity index is 2.10. The molecule has 0 fully saturated rings. The van der Waals surface area contributed by atoms with Crippen LogP contribution in [0.4, 0.5) is 5.69 Å². The Bertz CT molecular complexity index is 613. The normalized spacial score (nSPS) is 10.2. The van der Waals surface area contributed by atoms with Crippen molar-refractivity contribution in [3.63, 3.8) is 0 Å². The van der Waals surface area contributed by atoms with Crippen molar-refractivity contribution < 1.29 is 4.79 Å². The quantitative estimate of drug-likeness (QED) is 0.856. The fourth-order valence-electron chi connectivity index (χ4n) is 2.06. The first-order valence-corrected chi connectivity index (χ1v) is 8.00. The summed E-state index contributed by atoms with van der Waals surface area (Å²) in [5.41, 5.74) is 3.91. The van der Waals surface area contributed by atoms with Crippen LogP contribution in [0.1, 0.15) is 21.5 Å². The molecule has 0 atom stereocenters. The number of hydrogen-bond donors (Lipinski definition) is 1. The van der Waals surface area contributed by atoms with Gasteiger partial charge in [-0.1, -0.05) is 42.3 Å². The van der Waals surface area contributed by atoms with Crippen molar-refractivity contribution in [1.82, 2.24) is 5.32 Å². The molecule has 0 saturated heterocycles. The van der Waals surface area contributed by atoms with Crippen molar-refractivity contribution in [3.8, 4) is 0 Å². The molecule has 21 heavy (non-hydrogen) atoms. The molecule has 0 aliphatic rings. The van der Waals surface area contributed by atoms with Gasteiger partial charge >= 0.3 is 0 Å². The van der Waals surface area contributed by atoms with Gasteiger partial charge in [0.05, 0.1) is 0 Å². The van der Waals surface area contributed by atoms with Crippen molar-refractivity contribution in [2.75, 3.05) is 17.6 Å². The predicted molar refractivity (Wildman–Crippen MR) is 90.7 cm³/mol. The van der Waals surface area contributed by atoms with Crippen LogP contribution < -0.4 is 9.62 Å². The molecule has 0 heterocycles. The van der Waals surface area contributed by atoms with Crippen LogP contribution in [0, 0.1) is 6.92 Å². The molecule has 0 aliphatic carbocycles. The smallest absolute Gasteiger partial charge is 0.251 e. The van der Waals surface area contributed by atoms with E-state index >= 15 is 0 Å². The second kappa shape index (κ2) is 7.18. The summed E-state index contributed by atoms with van der Waals surface area (Å²) in [7, 11) is 1.99. The minimum absolute atomic E-state index is 0.0432. The van der Waals surface area contributed by atoms with Crippen LogP contribution in [-0.2, 0) is 6.54 Å². The van der Waals surface area contributed by atoms with Crippen LogP contribution in [0.25, 0.3) is 0 Å². The van der Waals surface area contributed by atoms with Crippen LogP contribution in [0.5, 0.6) is 0 Å². The zero-order chi connectivity index (χ0) is 15.2. The summed E-state index contributed by atoms with van der Waals surface area (Å²) in [6.45, 7) is 2.55. The zero-order valence-electron chi connectivity index (χ0n) is 12.6. The SMILES string of the molecule is CSN(C)c1cc(C)cc(C(=O)NCc2ccccc2)c1. The fourth-order valence-corrected chi connectivity index (χ4v) is 2.38. The third-order valence-corrected chi connectivity index (χ3v) is 4.02. The first-order chi connectivity index (χ1) is 10.1. The molecule has 3 nitrogen and oxygen atoms in total. The highest BCUT2D eigenvalue weighted by molar-refractivity contribution is 7.99. The van der Waals surface area contributed by atoms with E-state index in [0.717, 1.165) is 16.8 Å². The van der Waals surface area contributed by atoms with Crippen molar-refractivity contribution >= 4 is 23.5 Å². The standard InChI is InChI=1S/C17H20N2OS/c1-13-9-15(11-16(10-13)19(2)21-3)17(20)18-12-14-7-5-4-6-8-14/h4-11H,12H2,1-3H3,(H,18,20). The predicted octanol–water partition coefficient (Wildman–Crippen LogP) is 3.64. The van der Waals surface area contributed by atoms with Gasteiger partial charge in [-0.05, 0) is 36.2 Å². The average Bonchev–Trinajstić information content (AvgIpc) is 2.52. The van der Waals surface area contributed by atoms with Crippen LogP contribution in [0.15, 0.2) is 48.5 Å². The topological polar surface area (TPSA) is 32.3 Å². The van der Waals surface area contributed by atoms with Crippen molar-refractivity contribution in [2.24, 2.45) is 0 Å². The van der Waals surface area contributed by atoms with Crippen molar-refractivity contribution in [3.05, 3.63) is 65.2 Å². The maximum atomic E-state index is 12.3. The summed E-state index contributed by atoms with van der Waals surface area (Å²) in [4.78, 5) is 12.3. The Hall–Kier alpha value is -1.94. The summed E-state index contributed by atoms with van der Waals surface area (Å²) < 4.78 is 2.04. The highest BCUT2D eigenvalue weighted by Gasteiger charge is 2.09. The van der Waals surface area contributed by atoms with E-state index in [9.17, 15) is 4.79 Å². The van der Waals surface area contributed by atoms with E-state index in [1.807, 2.05) is 67.0 Å². The lowest BCUT2D eigenvalue weighted by Crippen LogP contribution is -2.23. The first kappa shape index (κ1) is 15.4. The van der Waals surface area contributed by atoms with Crippen LogP contribution in [-0.4, -0.2) is 19.2 Å². The molecule has 2 aromatic rings. The van der Waals surface area contributed by atoms with E-state index in [1.54, 1.807) is 11.9 Å². The maximum absolute atomic E-state index is 12.3. The number of carbonyl (C=O) groups is 1. The molecular formula is C17H20N2OS. The van der Waals surface area contributed by atoms with Gasteiger partial charge in [0.1, 0.15) is 0 Å². The second-order valence-electron chi connectivity index (χ2n) is 4.91. The average molecular weight is 300 g/mol. The highest BCUT2D eigenvalue weighted by atomic mass is 32.2. The Kier molecular flexibility index (Phi) is 5.28. The van der Waals surface area contributed by atoms with Crippen LogP contribution >= 0.6 is 11.9 Å². The number of anilines is 1. The number of rotatable bonds is 5. The number of aryl methyl sites for hydroxylation is 1. The molecule has 0 unspecified atom stereocenters. The van der Waals surface area contributed by atoms with Gasteiger partial charge in [0, 0.05) is 31.1 Å². The third kappa shape index (κ3) is 4.26. The molecule has 1 amide bonds. The monoisotopic (exact) mass is 300 g/mol. The number of nitrogens with one attached hydrogen (secondary N) is 1. The Morgan fingerprint density at radius 1 is 1.19 bits per heavy atom. The Labute approximate surface area is 130 Å². The first-order valence-electron chi connectivity index (χ1n) is 6.82. The molecule has 0 bridgehead atoms. The Morgan fingerprint density at radius 3 is 2.57 bits per heavy atom. The van der Waals surface area contributed by atoms with E-state index in [4.69, 9.17) is 0 Å². The van der Waals surface area contributed by atoms with E-state index in [1.165, 1.54) is 0 Å². The zero-order valence-corrected chi connectivity index (χ0v) is 13.4. The fraction of sp³-hybridized carbons (Fsp3) is 0.235. The van der Waals surface area contributed by atoms with Gasteiger partial charge in [-0.3, -0.25) is 4.79 Å². The van der Waals surface area contributed by atoms with Gasteiger partial charge < -0.3 is 9.62 Å². The largest absolute Gasteiger partial charge is 0.348 e. The second-order valence-corrected chi connectivity index (χ2v) is 5.82. The Morgan fingerprint density at radius 2 is 1.90 bits per heavy atom. The molecule has 4 heteroatoms. The lowest BCUT2D eigenvalue weighted by molar-refractivity contribution is 0.0951. The molecule has 0 radical (unpaired) electrons. The molecule has 2 aromatic carbocycles. The molecule has 0 aromatic heterocycles. The minimum Gasteiger partial charge on any atom is -0.348 e. The maximum Gasteiger partial charge on any atom is 0.251 e. The summed E-state index contributed by atoms with van der Waals surface area (Å²) in [5.74, 6) is -0.0432. The number of hydrogen-bond acceptors (Lipinski definition) is 3. The van der Waals surface area contributed by atoms with Crippen molar-refractivity contribution in [1.29, 1.82) is 0 Å². The van der Waals surface area contributed by atoms with Gasteiger partial charge in [-0.15, -0.1) is 0 Å². The van der Waals surface area contributed by atoms with Gasteiger partial charge in [0.2, 0.25) is 0 Å². The van der Waals surface area contributed by atoms with Crippen LogP contribution in [0.3, 0.4) is 0 Å². The summed E-state index contributed by atoms with van der Waals surface area (Å²) in [6.07, 6.45) is 2.01. The third-order valence-electron chi connectivity index (χ3n) is 3.26. The molecule has 1 N–H and O–H groups in total. The number of nitrogens with zero attached hydrogens (tertiary/aromatic N) is 1. The molecular weight excluding hydrogens is 280 g/mol. The van der Waals surface area contributed by atoms with E-state index in [-0.39, 0.29) is 5.91 Å². The van der Waals surface area contributed by atoms with Gasteiger partial charge in [0.15, 0.2) is 0 Å². The van der Waals surface area contributed by atoms with E-state index in [2.05, 4.69) is 11.4 Å². The van der Waals surface area contributed by atoms with Gasteiger partial charge in [-0.2, -0.15) is 0 Å².